The number of hydrogen-bond acceptors (Lipinski definition) is 7. The molecule has 0 amide bonds. The number of ether oxygens (including phenoxy) is 2. The molecule has 2 aromatic heterocycles. The van der Waals surface area contributed by atoms with Gasteiger partial charge in [0.25, 0.3) is 0 Å². The van der Waals surface area contributed by atoms with Crippen LogP contribution >= 0.6 is 0 Å². The first-order valence-electron chi connectivity index (χ1n) is 6.90. The summed E-state index contributed by atoms with van der Waals surface area (Å²) in [5.41, 5.74) is 0.777. The van der Waals surface area contributed by atoms with Gasteiger partial charge in [0.05, 0.1) is 13.7 Å². The molecule has 2 aromatic rings. The van der Waals surface area contributed by atoms with Gasteiger partial charge in [-0.05, 0) is 19.4 Å². The van der Waals surface area contributed by atoms with Crippen molar-refractivity contribution >= 4 is 5.95 Å². The number of aromatic nitrogens is 4. The maximum absolute atomic E-state index is 5.39. The van der Waals surface area contributed by atoms with Crippen molar-refractivity contribution in [2.45, 2.75) is 20.3 Å². The Hall–Kier alpha value is -2.44. The summed E-state index contributed by atoms with van der Waals surface area (Å²) in [6.07, 6.45) is 2.64. The molecule has 112 valence electrons. The Morgan fingerprint density at radius 3 is 2.62 bits per heavy atom. The molecule has 0 atom stereocenters. The van der Waals surface area contributed by atoms with Gasteiger partial charge < -0.3 is 14.8 Å². The van der Waals surface area contributed by atoms with Gasteiger partial charge in [-0.1, -0.05) is 6.92 Å². The van der Waals surface area contributed by atoms with Crippen LogP contribution in [0.3, 0.4) is 0 Å². The normalized spacial score (nSPS) is 10.2. The van der Waals surface area contributed by atoms with E-state index >= 15 is 0 Å². The zero-order chi connectivity index (χ0) is 15.1. The van der Waals surface area contributed by atoms with E-state index in [9.17, 15) is 0 Å². The molecular weight excluding hydrogens is 270 g/mol. The summed E-state index contributed by atoms with van der Waals surface area (Å²) in [5.74, 6) is 1.56. The maximum Gasteiger partial charge on any atom is 0.321 e. The van der Waals surface area contributed by atoms with Gasteiger partial charge in [-0.3, -0.25) is 0 Å². The minimum absolute atomic E-state index is 0.303. The van der Waals surface area contributed by atoms with Gasteiger partial charge in [0.1, 0.15) is 0 Å². The maximum atomic E-state index is 5.39. The fraction of sp³-hybridized carbons (Fsp3) is 0.429. The number of anilines is 1. The van der Waals surface area contributed by atoms with Gasteiger partial charge in [-0.15, -0.1) is 0 Å². The molecule has 0 aliphatic heterocycles. The zero-order valence-electron chi connectivity index (χ0n) is 12.5. The van der Waals surface area contributed by atoms with E-state index in [-0.39, 0.29) is 0 Å². The van der Waals surface area contributed by atoms with Crippen molar-refractivity contribution in [2.75, 3.05) is 25.6 Å². The topological polar surface area (TPSA) is 82.1 Å². The van der Waals surface area contributed by atoms with Crippen molar-refractivity contribution < 1.29 is 9.47 Å². The predicted molar refractivity (Wildman–Crippen MR) is 79.6 cm³/mol. The molecule has 7 heteroatoms. The first-order valence-corrected chi connectivity index (χ1v) is 6.90. The summed E-state index contributed by atoms with van der Waals surface area (Å²) in [6.45, 7) is 5.25. The monoisotopic (exact) mass is 289 g/mol. The lowest BCUT2D eigenvalue weighted by Crippen LogP contribution is -2.08. The van der Waals surface area contributed by atoms with Gasteiger partial charge in [0.2, 0.25) is 11.8 Å². The lowest BCUT2D eigenvalue weighted by molar-refractivity contribution is 0.312. The zero-order valence-corrected chi connectivity index (χ0v) is 12.5. The van der Waals surface area contributed by atoms with Crippen molar-refractivity contribution in [2.24, 2.45) is 0 Å². The molecule has 0 unspecified atom stereocenters. The Kier molecular flexibility index (Phi) is 5.25. The lowest BCUT2D eigenvalue weighted by atomic mass is 10.3. The Bertz CT molecular complexity index is 574. The molecule has 0 radical (unpaired) electrons. The van der Waals surface area contributed by atoms with Crippen LogP contribution in [-0.4, -0.2) is 40.2 Å². The average Bonchev–Trinajstić information content (AvgIpc) is 2.53. The average molecular weight is 289 g/mol. The summed E-state index contributed by atoms with van der Waals surface area (Å²) in [5, 5.41) is 3.14. The van der Waals surface area contributed by atoms with E-state index in [1.165, 1.54) is 0 Å². The molecule has 2 heterocycles. The van der Waals surface area contributed by atoms with E-state index in [4.69, 9.17) is 9.47 Å². The molecule has 1 N–H and O–H groups in total. The van der Waals surface area contributed by atoms with E-state index in [0.717, 1.165) is 18.5 Å². The lowest BCUT2D eigenvalue weighted by Gasteiger charge is -2.08. The molecule has 7 nitrogen and oxygen atoms in total. The van der Waals surface area contributed by atoms with E-state index in [1.54, 1.807) is 19.4 Å². The summed E-state index contributed by atoms with van der Waals surface area (Å²) < 4.78 is 10.4. The van der Waals surface area contributed by atoms with Crippen molar-refractivity contribution in [1.29, 1.82) is 0 Å². The van der Waals surface area contributed by atoms with Gasteiger partial charge in [0, 0.05) is 24.4 Å². The molecule has 0 bridgehead atoms. The second kappa shape index (κ2) is 7.37. The number of hydrogen-bond donors (Lipinski definition) is 1. The van der Waals surface area contributed by atoms with Crippen molar-refractivity contribution in [3.8, 4) is 23.3 Å². The Morgan fingerprint density at radius 2 is 2.00 bits per heavy atom. The van der Waals surface area contributed by atoms with Crippen LogP contribution < -0.4 is 14.8 Å². The molecule has 0 saturated heterocycles. The molecule has 0 aliphatic rings. The largest absolute Gasteiger partial charge is 0.481 e. The standard InChI is InChI=1S/C14H19N5O2/c1-4-8-15-13-17-12(18-14(19-13)21-5-2)10-6-7-11(20-3)16-9-10/h6-7,9H,4-5,8H2,1-3H3,(H,15,17,18,19). The number of rotatable bonds is 7. The smallest absolute Gasteiger partial charge is 0.321 e. The molecule has 0 spiro atoms. The molecule has 2 rings (SSSR count). The van der Waals surface area contributed by atoms with E-state index in [0.29, 0.717) is 30.3 Å². The second-order valence-corrected chi connectivity index (χ2v) is 4.21. The first kappa shape index (κ1) is 15.0. The summed E-state index contributed by atoms with van der Waals surface area (Å²) >= 11 is 0. The van der Waals surface area contributed by atoms with E-state index in [1.807, 2.05) is 13.0 Å². The second-order valence-electron chi connectivity index (χ2n) is 4.21. The third kappa shape index (κ3) is 4.01. The predicted octanol–water partition coefficient (Wildman–Crippen LogP) is 2.16. The summed E-state index contributed by atoms with van der Waals surface area (Å²) in [4.78, 5) is 17.1. The molecular formula is C14H19N5O2. The third-order valence-corrected chi connectivity index (χ3v) is 2.63. The Balaban J connectivity index is 2.32. The number of methoxy groups -OCH3 is 1. The van der Waals surface area contributed by atoms with Crippen LogP contribution in [0.5, 0.6) is 11.9 Å². The molecule has 0 fully saturated rings. The number of pyridine rings is 1. The highest BCUT2D eigenvalue weighted by atomic mass is 16.5. The van der Waals surface area contributed by atoms with Crippen molar-refractivity contribution in [1.82, 2.24) is 19.9 Å². The van der Waals surface area contributed by atoms with Crippen LogP contribution in [0.4, 0.5) is 5.95 Å². The number of nitrogens with zero attached hydrogens (tertiary/aromatic N) is 4. The SMILES string of the molecule is CCCNc1nc(OCC)nc(-c2ccc(OC)nc2)n1. The van der Waals surface area contributed by atoms with Gasteiger partial charge in [-0.25, -0.2) is 4.98 Å². The van der Waals surface area contributed by atoms with E-state index < -0.39 is 0 Å². The minimum Gasteiger partial charge on any atom is -0.481 e. The molecule has 21 heavy (non-hydrogen) atoms. The van der Waals surface area contributed by atoms with Crippen LogP contribution in [0, 0.1) is 0 Å². The van der Waals surface area contributed by atoms with Crippen LogP contribution in [0.1, 0.15) is 20.3 Å². The molecule has 0 aliphatic carbocycles. The Morgan fingerprint density at radius 1 is 1.14 bits per heavy atom. The third-order valence-electron chi connectivity index (χ3n) is 2.63. The van der Waals surface area contributed by atoms with Crippen LogP contribution in [0.2, 0.25) is 0 Å². The minimum atomic E-state index is 0.303. The van der Waals surface area contributed by atoms with Gasteiger partial charge in [-0.2, -0.15) is 15.0 Å². The highest BCUT2D eigenvalue weighted by molar-refractivity contribution is 5.55. The van der Waals surface area contributed by atoms with Crippen LogP contribution in [0.15, 0.2) is 18.3 Å². The Labute approximate surface area is 123 Å². The highest BCUT2D eigenvalue weighted by Gasteiger charge is 2.09. The van der Waals surface area contributed by atoms with E-state index in [2.05, 4.69) is 32.2 Å². The molecule has 0 aromatic carbocycles. The first-order chi connectivity index (χ1) is 10.3. The van der Waals surface area contributed by atoms with Gasteiger partial charge >= 0.3 is 6.01 Å². The van der Waals surface area contributed by atoms with Crippen LogP contribution in [0.25, 0.3) is 11.4 Å². The number of nitrogens with one attached hydrogen (secondary N) is 1. The fourth-order valence-corrected chi connectivity index (χ4v) is 1.63. The quantitative estimate of drug-likeness (QED) is 0.836. The summed E-state index contributed by atoms with van der Waals surface area (Å²) in [7, 11) is 1.57. The molecule has 0 saturated carbocycles. The van der Waals surface area contributed by atoms with Crippen molar-refractivity contribution in [3.05, 3.63) is 18.3 Å². The fourth-order valence-electron chi connectivity index (χ4n) is 1.63. The highest BCUT2D eigenvalue weighted by Crippen LogP contribution is 2.19. The van der Waals surface area contributed by atoms with Crippen LogP contribution in [-0.2, 0) is 0 Å². The summed E-state index contributed by atoms with van der Waals surface area (Å²) in [6, 6.07) is 3.91. The van der Waals surface area contributed by atoms with Crippen molar-refractivity contribution in [3.63, 3.8) is 0 Å². The van der Waals surface area contributed by atoms with Gasteiger partial charge in [0.15, 0.2) is 5.82 Å².